The summed E-state index contributed by atoms with van der Waals surface area (Å²) in [6.07, 6.45) is 5.12. The van der Waals surface area contributed by atoms with Gasteiger partial charge in [0.25, 0.3) is 0 Å². The zero-order valence-corrected chi connectivity index (χ0v) is 18.7. The van der Waals surface area contributed by atoms with Gasteiger partial charge in [0.15, 0.2) is 0 Å². The summed E-state index contributed by atoms with van der Waals surface area (Å²) in [6.45, 7) is 3.49. The maximum absolute atomic E-state index is 13.3. The van der Waals surface area contributed by atoms with Crippen LogP contribution in [0.25, 0.3) is 0 Å². The van der Waals surface area contributed by atoms with Gasteiger partial charge in [-0.1, -0.05) is 12.1 Å². The molecule has 0 radical (unpaired) electrons. The van der Waals surface area contributed by atoms with Crippen molar-refractivity contribution in [2.24, 2.45) is 0 Å². The highest BCUT2D eigenvalue weighted by molar-refractivity contribution is 6.35. The average Bonchev–Trinajstić information content (AvgIpc) is 2.89. The Morgan fingerprint density at radius 1 is 0.912 bits per heavy atom. The number of hydrogen-bond acceptors (Lipinski definition) is 6. The van der Waals surface area contributed by atoms with Gasteiger partial charge in [-0.05, 0) is 48.0 Å². The number of carbonyl (C=O) groups is 2. The molecule has 9 heteroatoms. The molecule has 1 fully saturated rings. The number of piperazine rings is 1. The fraction of sp³-hybridized carbons (Fsp3) is 0.280. The van der Waals surface area contributed by atoms with Crippen LogP contribution < -0.4 is 15.5 Å². The molecule has 0 aliphatic carbocycles. The molecule has 1 saturated heterocycles. The fourth-order valence-electron chi connectivity index (χ4n) is 4.00. The van der Waals surface area contributed by atoms with Crippen LogP contribution in [0.4, 0.5) is 10.1 Å². The number of pyridine rings is 2. The molecular weight excluding hydrogens is 435 g/mol. The lowest BCUT2D eigenvalue weighted by atomic mass is 10.1. The molecule has 1 atom stereocenters. The Morgan fingerprint density at radius 2 is 1.68 bits per heavy atom. The third kappa shape index (κ3) is 6.14. The van der Waals surface area contributed by atoms with Crippen molar-refractivity contribution in [1.82, 2.24) is 25.5 Å². The van der Waals surface area contributed by atoms with Gasteiger partial charge in [0, 0.05) is 57.0 Å². The summed E-state index contributed by atoms with van der Waals surface area (Å²) in [5.74, 6) is -1.63. The number of benzene rings is 1. The molecule has 4 rings (SSSR count). The smallest absolute Gasteiger partial charge is 0.309 e. The van der Waals surface area contributed by atoms with E-state index in [2.05, 4.69) is 30.4 Å². The molecule has 8 nitrogen and oxygen atoms in total. The van der Waals surface area contributed by atoms with Gasteiger partial charge in [0.1, 0.15) is 5.82 Å². The second-order valence-electron chi connectivity index (χ2n) is 8.02. The molecule has 34 heavy (non-hydrogen) atoms. The van der Waals surface area contributed by atoms with Crippen molar-refractivity contribution in [3.05, 3.63) is 90.3 Å². The highest BCUT2D eigenvalue weighted by Gasteiger charge is 2.26. The van der Waals surface area contributed by atoms with Gasteiger partial charge in [-0.15, -0.1) is 0 Å². The molecule has 2 amide bonds. The Labute approximate surface area is 197 Å². The lowest BCUT2D eigenvalue weighted by Gasteiger charge is -2.40. The molecule has 3 heterocycles. The number of hydrogen-bond donors (Lipinski definition) is 2. The third-order valence-electron chi connectivity index (χ3n) is 5.83. The van der Waals surface area contributed by atoms with Crippen molar-refractivity contribution in [3.63, 3.8) is 0 Å². The minimum Gasteiger partial charge on any atom is -0.369 e. The van der Waals surface area contributed by atoms with E-state index in [1.165, 1.54) is 12.1 Å². The fourth-order valence-corrected chi connectivity index (χ4v) is 4.00. The van der Waals surface area contributed by atoms with Crippen molar-refractivity contribution >= 4 is 17.5 Å². The summed E-state index contributed by atoms with van der Waals surface area (Å²) in [7, 11) is 0. The molecule has 1 aromatic carbocycles. The van der Waals surface area contributed by atoms with E-state index in [1.807, 2.05) is 18.2 Å². The van der Waals surface area contributed by atoms with Crippen molar-refractivity contribution in [2.75, 3.05) is 37.6 Å². The van der Waals surface area contributed by atoms with Gasteiger partial charge in [0.2, 0.25) is 0 Å². The SMILES string of the molecule is O=C(NCc1ccccn1)C(=O)NC[C@H](c1cccnc1)N1CCN(c2ccc(F)cc2)CC1. The molecule has 1 aliphatic heterocycles. The van der Waals surface area contributed by atoms with E-state index in [9.17, 15) is 14.0 Å². The summed E-state index contributed by atoms with van der Waals surface area (Å²) in [6, 6.07) is 15.6. The van der Waals surface area contributed by atoms with Crippen LogP contribution in [-0.4, -0.2) is 59.4 Å². The quantitative estimate of drug-likeness (QED) is 0.522. The summed E-state index contributed by atoms with van der Waals surface area (Å²) < 4.78 is 13.3. The minimum absolute atomic E-state index is 0.128. The molecule has 0 bridgehead atoms. The van der Waals surface area contributed by atoms with E-state index in [-0.39, 0.29) is 24.9 Å². The Balaban J connectivity index is 1.35. The molecule has 176 valence electrons. The summed E-state index contributed by atoms with van der Waals surface area (Å²) >= 11 is 0. The predicted molar refractivity (Wildman–Crippen MR) is 126 cm³/mol. The number of halogens is 1. The van der Waals surface area contributed by atoms with Crippen LogP contribution in [0, 0.1) is 5.82 Å². The van der Waals surface area contributed by atoms with Crippen molar-refractivity contribution in [1.29, 1.82) is 0 Å². The number of anilines is 1. The van der Waals surface area contributed by atoms with Gasteiger partial charge in [-0.25, -0.2) is 4.39 Å². The van der Waals surface area contributed by atoms with Crippen molar-refractivity contribution in [3.8, 4) is 0 Å². The Bertz CT molecular complexity index is 1070. The van der Waals surface area contributed by atoms with Crippen molar-refractivity contribution in [2.45, 2.75) is 12.6 Å². The van der Waals surface area contributed by atoms with Crippen LogP contribution in [0.15, 0.2) is 73.2 Å². The topological polar surface area (TPSA) is 90.5 Å². The van der Waals surface area contributed by atoms with E-state index in [1.54, 1.807) is 42.9 Å². The maximum Gasteiger partial charge on any atom is 0.309 e. The van der Waals surface area contributed by atoms with Crippen LogP contribution >= 0.6 is 0 Å². The maximum atomic E-state index is 13.3. The zero-order valence-electron chi connectivity index (χ0n) is 18.7. The number of nitrogens with zero attached hydrogens (tertiary/aromatic N) is 4. The zero-order chi connectivity index (χ0) is 23.8. The Morgan fingerprint density at radius 3 is 2.35 bits per heavy atom. The molecular formula is C25H27FN6O2. The Hall–Kier alpha value is -3.85. The van der Waals surface area contributed by atoms with Gasteiger partial charge >= 0.3 is 11.8 Å². The van der Waals surface area contributed by atoms with Crippen LogP contribution in [0.5, 0.6) is 0 Å². The highest BCUT2D eigenvalue weighted by Crippen LogP contribution is 2.23. The number of amides is 2. The molecule has 0 unspecified atom stereocenters. The molecule has 3 aromatic rings. The van der Waals surface area contributed by atoms with Gasteiger partial charge in [-0.3, -0.25) is 24.5 Å². The van der Waals surface area contributed by atoms with Gasteiger partial charge < -0.3 is 15.5 Å². The van der Waals surface area contributed by atoms with Crippen LogP contribution in [0.3, 0.4) is 0 Å². The predicted octanol–water partition coefficient (Wildman–Crippen LogP) is 1.91. The summed E-state index contributed by atoms with van der Waals surface area (Å²) in [4.78, 5) is 37.5. The van der Waals surface area contributed by atoms with Crippen molar-refractivity contribution < 1.29 is 14.0 Å². The molecule has 2 aromatic heterocycles. The van der Waals surface area contributed by atoms with Crippen LogP contribution in [-0.2, 0) is 16.1 Å². The number of nitrogens with one attached hydrogen (secondary N) is 2. The van der Waals surface area contributed by atoms with E-state index in [0.29, 0.717) is 5.69 Å². The standard InChI is InChI=1S/C25H27FN6O2/c26-20-6-8-22(9-7-20)31-12-14-32(15-13-31)23(19-4-3-10-27-16-19)18-30-25(34)24(33)29-17-21-5-1-2-11-28-21/h1-11,16,23H,12-15,17-18H2,(H,29,33)(H,30,34)/t23-/m1/s1. The van der Waals surface area contributed by atoms with E-state index in [0.717, 1.165) is 37.4 Å². The minimum atomic E-state index is -0.697. The average molecular weight is 463 g/mol. The number of rotatable bonds is 7. The molecule has 0 spiro atoms. The molecule has 1 aliphatic rings. The lowest BCUT2D eigenvalue weighted by molar-refractivity contribution is -0.139. The second kappa shape index (κ2) is 11.3. The second-order valence-corrected chi connectivity index (χ2v) is 8.02. The first-order valence-electron chi connectivity index (χ1n) is 11.2. The monoisotopic (exact) mass is 462 g/mol. The third-order valence-corrected chi connectivity index (χ3v) is 5.83. The largest absolute Gasteiger partial charge is 0.369 e. The number of aromatic nitrogens is 2. The molecule has 0 saturated carbocycles. The van der Waals surface area contributed by atoms with E-state index < -0.39 is 11.8 Å². The summed E-state index contributed by atoms with van der Waals surface area (Å²) in [5, 5.41) is 5.36. The first-order chi connectivity index (χ1) is 16.6. The van der Waals surface area contributed by atoms with Gasteiger partial charge in [0.05, 0.1) is 18.3 Å². The first-order valence-corrected chi connectivity index (χ1v) is 11.2. The normalized spacial score (nSPS) is 14.9. The summed E-state index contributed by atoms with van der Waals surface area (Å²) in [5.41, 5.74) is 2.62. The highest BCUT2D eigenvalue weighted by atomic mass is 19.1. The Kier molecular flexibility index (Phi) is 7.77. The van der Waals surface area contributed by atoms with Gasteiger partial charge in [-0.2, -0.15) is 0 Å². The van der Waals surface area contributed by atoms with Crippen LogP contribution in [0.2, 0.25) is 0 Å². The first kappa shape index (κ1) is 23.3. The van der Waals surface area contributed by atoms with E-state index in [4.69, 9.17) is 0 Å². The van der Waals surface area contributed by atoms with Crippen LogP contribution in [0.1, 0.15) is 17.3 Å². The lowest BCUT2D eigenvalue weighted by Crippen LogP contribution is -2.50. The van der Waals surface area contributed by atoms with E-state index >= 15 is 0 Å². The number of carbonyl (C=O) groups excluding carboxylic acids is 2. The molecule has 2 N–H and O–H groups in total.